The molecule has 1 saturated heterocycles. The van der Waals surface area contributed by atoms with Gasteiger partial charge in [-0.3, -0.25) is 9.59 Å². The normalized spacial score (nSPS) is 18.8. The Morgan fingerprint density at radius 3 is 2.79 bits per heavy atom. The number of aromatic nitrogens is 2. The number of benzene rings is 1. The van der Waals surface area contributed by atoms with Crippen LogP contribution in [0.25, 0.3) is 0 Å². The van der Waals surface area contributed by atoms with E-state index in [2.05, 4.69) is 20.6 Å². The van der Waals surface area contributed by atoms with Crippen LogP contribution in [0.3, 0.4) is 0 Å². The Morgan fingerprint density at radius 1 is 1.28 bits per heavy atom. The van der Waals surface area contributed by atoms with E-state index in [0.717, 1.165) is 0 Å². The standard InChI is InChI=1S/C18H18Cl2N6O3/c19-9-1-2-11(20)12(7-9)22-17(28)10-8-13(27)23-16-14(10)15(21)24-18(25-16)26-3-5-29-6-4-26/h1-2,7,10H,3-6,8H2,(H,22,28)(H3,21,23,24,25,27). The lowest BCUT2D eigenvalue weighted by molar-refractivity contribution is -0.123. The molecule has 0 bridgehead atoms. The predicted octanol–water partition coefficient (Wildman–Crippen LogP) is 2.27. The van der Waals surface area contributed by atoms with Gasteiger partial charge in [0.25, 0.3) is 0 Å². The highest BCUT2D eigenvalue weighted by Crippen LogP contribution is 2.37. The molecule has 0 radical (unpaired) electrons. The number of morpholine rings is 1. The number of carbonyl (C=O) groups is 2. The summed E-state index contributed by atoms with van der Waals surface area (Å²) < 4.78 is 5.33. The lowest BCUT2D eigenvalue weighted by atomic mass is 9.92. The maximum Gasteiger partial charge on any atom is 0.232 e. The lowest BCUT2D eigenvalue weighted by Crippen LogP contribution is -2.38. The van der Waals surface area contributed by atoms with Crippen molar-refractivity contribution in [3.05, 3.63) is 33.8 Å². The molecular weight excluding hydrogens is 419 g/mol. The summed E-state index contributed by atoms with van der Waals surface area (Å²) in [5.74, 6) is -0.849. The minimum absolute atomic E-state index is 0.0819. The van der Waals surface area contributed by atoms with Crippen LogP contribution in [0.4, 0.5) is 23.3 Å². The number of nitrogens with zero attached hydrogens (tertiary/aromatic N) is 3. The molecule has 1 aromatic heterocycles. The number of amides is 2. The van der Waals surface area contributed by atoms with Gasteiger partial charge in [0, 0.05) is 24.5 Å². The molecule has 4 N–H and O–H groups in total. The highest BCUT2D eigenvalue weighted by Gasteiger charge is 2.35. The van der Waals surface area contributed by atoms with E-state index in [1.54, 1.807) is 12.1 Å². The fourth-order valence-electron chi connectivity index (χ4n) is 3.33. The molecule has 1 unspecified atom stereocenters. The molecule has 3 heterocycles. The van der Waals surface area contributed by atoms with Gasteiger partial charge in [-0.05, 0) is 18.2 Å². The van der Waals surface area contributed by atoms with E-state index in [1.165, 1.54) is 6.07 Å². The van der Waals surface area contributed by atoms with Crippen molar-refractivity contribution in [2.24, 2.45) is 0 Å². The number of nitrogens with one attached hydrogen (secondary N) is 2. The second-order valence-corrected chi connectivity index (χ2v) is 7.53. The molecule has 2 aliphatic heterocycles. The van der Waals surface area contributed by atoms with E-state index < -0.39 is 11.8 Å². The van der Waals surface area contributed by atoms with Crippen LogP contribution in [0.15, 0.2) is 18.2 Å². The molecule has 0 aliphatic carbocycles. The molecule has 29 heavy (non-hydrogen) atoms. The summed E-state index contributed by atoms with van der Waals surface area (Å²) in [7, 11) is 0. The van der Waals surface area contributed by atoms with Gasteiger partial charge in [0.05, 0.1) is 35.4 Å². The van der Waals surface area contributed by atoms with E-state index in [4.69, 9.17) is 33.7 Å². The van der Waals surface area contributed by atoms with Crippen LogP contribution in [-0.4, -0.2) is 48.1 Å². The van der Waals surface area contributed by atoms with Gasteiger partial charge >= 0.3 is 0 Å². The number of nitrogen functional groups attached to an aromatic ring is 1. The summed E-state index contributed by atoms with van der Waals surface area (Å²) in [6.45, 7) is 2.34. The van der Waals surface area contributed by atoms with Crippen molar-refractivity contribution >= 4 is 58.3 Å². The summed E-state index contributed by atoms with van der Waals surface area (Å²) in [6.07, 6.45) is -0.0819. The van der Waals surface area contributed by atoms with Gasteiger partial charge in [-0.25, -0.2) is 0 Å². The second kappa shape index (κ2) is 8.02. The van der Waals surface area contributed by atoms with Gasteiger partial charge in [0.15, 0.2) is 0 Å². The molecule has 1 fully saturated rings. The van der Waals surface area contributed by atoms with Crippen LogP contribution in [0.2, 0.25) is 10.0 Å². The lowest BCUT2D eigenvalue weighted by Gasteiger charge is -2.30. The molecule has 152 valence electrons. The molecule has 2 aliphatic rings. The fourth-order valence-corrected chi connectivity index (χ4v) is 3.66. The maximum absolute atomic E-state index is 12.9. The number of halogens is 2. The number of nitrogens with two attached hydrogens (primary N) is 1. The predicted molar refractivity (Wildman–Crippen MR) is 111 cm³/mol. The molecule has 4 rings (SSSR count). The van der Waals surface area contributed by atoms with Gasteiger partial charge in [0.1, 0.15) is 11.6 Å². The number of hydrogen-bond donors (Lipinski definition) is 3. The summed E-state index contributed by atoms with van der Waals surface area (Å²) in [5.41, 5.74) is 6.92. The molecule has 1 aromatic carbocycles. The van der Waals surface area contributed by atoms with Crippen LogP contribution < -0.4 is 21.3 Å². The number of carbonyl (C=O) groups excluding carboxylic acids is 2. The Labute approximate surface area is 176 Å². The van der Waals surface area contributed by atoms with Crippen molar-refractivity contribution in [1.82, 2.24) is 9.97 Å². The van der Waals surface area contributed by atoms with E-state index in [0.29, 0.717) is 53.5 Å². The Kier molecular flexibility index (Phi) is 5.44. The maximum atomic E-state index is 12.9. The summed E-state index contributed by atoms with van der Waals surface area (Å²) in [5, 5.41) is 6.16. The first-order chi connectivity index (χ1) is 13.9. The fraction of sp³-hybridized carbons (Fsp3) is 0.333. The number of hydrogen-bond acceptors (Lipinski definition) is 7. The molecular formula is C18H18Cl2N6O3. The SMILES string of the molecule is Nc1nc(N2CCOCC2)nc2c1C(C(=O)Nc1cc(Cl)ccc1Cl)CC(=O)N2. The van der Waals surface area contributed by atoms with Crippen molar-refractivity contribution in [1.29, 1.82) is 0 Å². The molecule has 2 aromatic rings. The molecule has 11 heteroatoms. The third-order valence-electron chi connectivity index (χ3n) is 4.76. The molecule has 0 spiro atoms. The first-order valence-electron chi connectivity index (χ1n) is 8.98. The largest absolute Gasteiger partial charge is 0.383 e. The minimum Gasteiger partial charge on any atom is -0.383 e. The number of anilines is 4. The zero-order chi connectivity index (χ0) is 20.5. The van der Waals surface area contributed by atoms with Crippen molar-refractivity contribution < 1.29 is 14.3 Å². The van der Waals surface area contributed by atoms with Gasteiger partial charge in [-0.2, -0.15) is 9.97 Å². The Balaban J connectivity index is 1.65. The highest BCUT2D eigenvalue weighted by atomic mass is 35.5. The van der Waals surface area contributed by atoms with Crippen molar-refractivity contribution in [3.8, 4) is 0 Å². The quantitative estimate of drug-likeness (QED) is 0.673. The van der Waals surface area contributed by atoms with E-state index in [-0.39, 0.29) is 24.0 Å². The first-order valence-corrected chi connectivity index (χ1v) is 9.74. The Bertz CT molecular complexity index is 980. The monoisotopic (exact) mass is 436 g/mol. The van der Waals surface area contributed by atoms with E-state index >= 15 is 0 Å². The van der Waals surface area contributed by atoms with Crippen LogP contribution >= 0.6 is 23.2 Å². The second-order valence-electron chi connectivity index (χ2n) is 6.69. The topological polar surface area (TPSA) is 122 Å². The number of fused-ring (bicyclic) bond motifs is 1. The average Bonchev–Trinajstić information content (AvgIpc) is 2.70. The van der Waals surface area contributed by atoms with Gasteiger partial charge < -0.3 is 26.0 Å². The minimum atomic E-state index is -0.854. The number of rotatable bonds is 3. The third kappa shape index (κ3) is 4.07. The summed E-state index contributed by atoms with van der Waals surface area (Å²) >= 11 is 12.1. The zero-order valence-corrected chi connectivity index (χ0v) is 16.8. The van der Waals surface area contributed by atoms with Gasteiger partial charge in [-0.1, -0.05) is 23.2 Å². The van der Waals surface area contributed by atoms with Crippen molar-refractivity contribution in [3.63, 3.8) is 0 Å². The van der Waals surface area contributed by atoms with Gasteiger partial charge in [-0.15, -0.1) is 0 Å². The summed E-state index contributed by atoms with van der Waals surface area (Å²) in [6, 6.07) is 4.72. The third-order valence-corrected chi connectivity index (χ3v) is 5.32. The van der Waals surface area contributed by atoms with Crippen LogP contribution in [0, 0.1) is 0 Å². The average molecular weight is 437 g/mol. The summed E-state index contributed by atoms with van der Waals surface area (Å²) in [4.78, 5) is 35.9. The zero-order valence-electron chi connectivity index (χ0n) is 15.2. The smallest absolute Gasteiger partial charge is 0.232 e. The molecule has 2 amide bonds. The Hall–Kier alpha value is -2.62. The van der Waals surface area contributed by atoms with Crippen LogP contribution in [0.5, 0.6) is 0 Å². The molecule has 9 nitrogen and oxygen atoms in total. The van der Waals surface area contributed by atoms with E-state index in [1.807, 2.05) is 4.90 Å². The van der Waals surface area contributed by atoms with Crippen molar-refractivity contribution in [2.75, 3.05) is 47.6 Å². The van der Waals surface area contributed by atoms with Crippen LogP contribution in [-0.2, 0) is 14.3 Å². The number of ether oxygens (including phenoxy) is 1. The van der Waals surface area contributed by atoms with Crippen LogP contribution in [0.1, 0.15) is 17.9 Å². The van der Waals surface area contributed by atoms with Gasteiger partial charge in [0.2, 0.25) is 17.8 Å². The highest BCUT2D eigenvalue weighted by molar-refractivity contribution is 6.35. The van der Waals surface area contributed by atoms with Crippen molar-refractivity contribution in [2.45, 2.75) is 12.3 Å². The van der Waals surface area contributed by atoms with E-state index in [9.17, 15) is 9.59 Å². The molecule has 0 saturated carbocycles. The molecule has 1 atom stereocenters. The first kappa shape index (κ1) is 19.7. The Morgan fingerprint density at radius 2 is 2.03 bits per heavy atom.